The summed E-state index contributed by atoms with van der Waals surface area (Å²) in [5, 5.41) is 0. The Kier molecular flexibility index (Phi) is 3.84. The number of carbonyl (C=O) groups excluding carboxylic acids is 1. The first kappa shape index (κ1) is 17.3. The van der Waals surface area contributed by atoms with E-state index >= 15 is 0 Å². The van der Waals surface area contributed by atoms with E-state index in [-0.39, 0.29) is 5.97 Å². The van der Waals surface area contributed by atoms with Gasteiger partial charge in [0.15, 0.2) is 5.60 Å². The lowest BCUT2D eigenvalue weighted by Crippen LogP contribution is -2.31. The number of aryl methyl sites for hydroxylation is 4. The molecule has 1 aliphatic rings. The lowest BCUT2D eigenvalue weighted by molar-refractivity contribution is 0.0248. The van der Waals surface area contributed by atoms with E-state index in [9.17, 15) is 4.79 Å². The fourth-order valence-corrected chi connectivity index (χ4v) is 4.25. The summed E-state index contributed by atoms with van der Waals surface area (Å²) in [4.78, 5) is 12.9. The second kappa shape index (κ2) is 5.98. The number of fused-ring (bicyclic) bond motifs is 1. The van der Waals surface area contributed by atoms with Crippen molar-refractivity contribution in [1.29, 1.82) is 0 Å². The Labute approximate surface area is 159 Å². The van der Waals surface area contributed by atoms with Crippen LogP contribution >= 0.6 is 0 Å². The molecule has 3 aromatic carbocycles. The van der Waals surface area contributed by atoms with E-state index in [4.69, 9.17) is 10.5 Å². The van der Waals surface area contributed by atoms with Gasteiger partial charge in [-0.2, -0.15) is 0 Å². The number of hydrogen-bond acceptors (Lipinski definition) is 3. The van der Waals surface area contributed by atoms with Crippen LogP contribution in [0.25, 0.3) is 0 Å². The molecule has 136 valence electrons. The highest BCUT2D eigenvalue weighted by atomic mass is 16.6. The Morgan fingerprint density at radius 3 is 1.78 bits per heavy atom. The number of esters is 1. The Morgan fingerprint density at radius 1 is 0.741 bits per heavy atom. The SMILES string of the molecule is Cc1ccc(C2(c3ccc(C)cc3C)OC(=O)c3cc(N)ccc32)c(C)c1. The molecule has 0 bridgehead atoms. The molecule has 3 heteroatoms. The average molecular weight is 357 g/mol. The topological polar surface area (TPSA) is 52.3 Å². The molecule has 0 saturated heterocycles. The molecule has 0 aromatic heterocycles. The maximum atomic E-state index is 12.9. The number of anilines is 1. The summed E-state index contributed by atoms with van der Waals surface area (Å²) in [6.45, 7) is 8.26. The van der Waals surface area contributed by atoms with Gasteiger partial charge in [0.05, 0.1) is 5.56 Å². The van der Waals surface area contributed by atoms with Gasteiger partial charge in [-0.3, -0.25) is 0 Å². The third-order valence-corrected chi connectivity index (χ3v) is 5.41. The average Bonchev–Trinajstić information content (AvgIpc) is 2.87. The van der Waals surface area contributed by atoms with Crippen LogP contribution in [0.15, 0.2) is 54.6 Å². The van der Waals surface area contributed by atoms with Gasteiger partial charge >= 0.3 is 5.97 Å². The standard InChI is InChI=1S/C24H23NO2/c1-14-5-8-20(16(3)11-14)24(21-9-6-15(2)12-17(21)4)22-10-7-18(25)13-19(22)23(26)27-24/h5-13H,25H2,1-4H3. The van der Waals surface area contributed by atoms with E-state index in [1.807, 2.05) is 12.1 Å². The highest BCUT2D eigenvalue weighted by Gasteiger charge is 2.49. The lowest BCUT2D eigenvalue weighted by Gasteiger charge is -2.33. The van der Waals surface area contributed by atoms with Gasteiger partial charge < -0.3 is 10.5 Å². The molecule has 3 nitrogen and oxygen atoms in total. The quantitative estimate of drug-likeness (QED) is 0.521. The molecule has 0 spiro atoms. The van der Waals surface area contributed by atoms with E-state index in [1.54, 1.807) is 6.07 Å². The molecule has 0 amide bonds. The number of rotatable bonds is 2. The van der Waals surface area contributed by atoms with Crippen molar-refractivity contribution in [3.05, 3.63) is 99.1 Å². The number of ether oxygens (including phenoxy) is 1. The summed E-state index contributed by atoms with van der Waals surface area (Å²) in [5.74, 6) is -0.336. The van der Waals surface area contributed by atoms with Gasteiger partial charge in [0, 0.05) is 22.4 Å². The Bertz CT molecular complexity index is 1030. The Morgan fingerprint density at radius 2 is 1.26 bits per heavy atom. The monoisotopic (exact) mass is 357 g/mol. The fourth-order valence-electron chi connectivity index (χ4n) is 4.25. The molecule has 0 radical (unpaired) electrons. The lowest BCUT2D eigenvalue weighted by atomic mass is 9.76. The van der Waals surface area contributed by atoms with Crippen LogP contribution in [0.4, 0.5) is 5.69 Å². The van der Waals surface area contributed by atoms with Gasteiger partial charge in [-0.25, -0.2) is 4.79 Å². The van der Waals surface area contributed by atoms with Crippen LogP contribution in [0.1, 0.15) is 49.3 Å². The van der Waals surface area contributed by atoms with Crippen molar-refractivity contribution in [3.8, 4) is 0 Å². The van der Waals surface area contributed by atoms with Crippen molar-refractivity contribution in [2.24, 2.45) is 0 Å². The zero-order valence-corrected chi connectivity index (χ0v) is 16.1. The minimum Gasteiger partial charge on any atom is -0.441 e. The molecular formula is C24H23NO2. The third-order valence-electron chi connectivity index (χ3n) is 5.41. The van der Waals surface area contributed by atoms with Crippen molar-refractivity contribution >= 4 is 11.7 Å². The zero-order chi connectivity index (χ0) is 19.3. The van der Waals surface area contributed by atoms with Crippen molar-refractivity contribution in [2.45, 2.75) is 33.3 Å². The van der Waals surface area contributed by atoms with Crippen LogP contribution in [0.5, 0.6) is 0 Å². The largest absolute Gasteiger partial charge is 0.441 e. The van der Waals surface area contributed by atoms with E-state index in [0.717, 1.165) is 27.8 Å². The van der Waals surface area contributed by atoms with Gasteiger partial charge in [-0.05, 0) is 51.0 Å². The Balaban J connectivity index is 2.11. The molecule has 0 unspecified atom stereocenters. The van der Waals surface area contributed by atoms with E-state index in [1.165, 1.54) is 11.1 Å². The van der Waals surface area contributed by atoms with E-state index < -0.39 is 5.60 Å². The van der Waals surface area contributed by atoms with Crippen LogP contribution in [0, 0.1) is 27.7 Å². The number of benzene rings is 3. The molecule has 0 fully saturated rings. The molecule has 1 aliphatic heterocycles. The van der Waals surface area contributed by atoms with Crippen molar-refractivity contribution in [2.75, 3.05) is 5.73 Å². The molecule has 0 atom stereocenters. The zero-order valence-electron chi connectivity index (χ0n) is 16.1. The van der Waals surface area contributed by atoms with Crippen LogP contribution in [0.3, 0.4) is 0 Å². The van der Waals surface area contributed by atoms with E-state index in [2.05, 4.69) is 64.1 Å². The second-order valence-corrected chi connectivity index (χ2v) is 7.51. The predicted octanol–water partition coefficient (Wildman–Crippen LogP) is 4.96. The summed E-state index contributed by atoms with van der Waals surface area (Å²) < 4.78 is 6.19. The number of hydrogen-bond donors (Lipinski definition) is 1. The summed E-state index contributed by atoms with van der Waals surface area (Å²) in [5.41, 5.74) is 13.4. The van der Waals surface area contributed by atoms with Crippen molar-refractivity contribution < 1.29 is 9.53 Å². The minimum absolute atomic E-state index is 0.336. The maximum Gasteiger partial charge on any atom is 0.340 e. The smallest absolute Gasteiger partial charge is 0.340 e. The summed E-state index contributed by atoms with van der Waals surface area (Å²) in [6, 6.07) is 18.0. The molecule has 1 heterocycles. The van der Waals surface area contributed by atoms with E-state index in [0.29, 0.717) is 11.3 Å². The van der Waals surface area contributed by atoms with Crippen LogP contribution < -0.4 is 5.73 Å². The summed E-state index contributed by atoms with van der Waals surface area (Å²) in [6.07, 6.45) is 0. The number of carbonyl (C=O) groups is 1. The molecule has 4 rings (SSSR count). The summed E-state index contributed by atoms with van der Waals surface area (Å²) in [7, 11) is 0. The number of nitrogens with two attached hydrogens (primary N) is 1. The molecule has 0 saturated carbocycles. The fraction of sp³-hybridized carbons (Fsp3) is 0.208. The van der Waals surface area contributed by atoms with Gasteiger partial charge in [0.25, 0.3) is 0 Å². The molecule has 2 N–H and O–H groups in total. The first-order chi connectivity index (χ1) is 12.8. The van der Waals surface area contributed by atoms with Crippen molar-refractivity contribution in [1.82, 2.24) is 0 Å². The first-order valence-electron chi connectivity index (χ1n) is 9.12. The van der Waals surface area contributed by atoms with Crippen LogP contribution in [0.2, 0.25) is 0 Å². The molecule has 0 aliphatic carbocycles. The normalized spacial score (nSPS) is 14.7. The molecule has 27 heavy (non-hydrogen) atoms. The number of nitrogen functional groups attached to an aromatic ring is 1. The third kappa shape index (κ3) is 2.54. The minimum atomic E-state index is -0.963. The predicted molar refractivity (Wildman–Crippen MR) is 108 cm³/mol. The first-order valence-corrected chi connectivity index (χ1v) is 9.12. The highest BCUT2D eigenvalue weighted by molar-refractivity contribution is 5.97. The molecular weight excluding hydrogens is 334 g/mol. The van der Waals surface area contributed by atoms with Crippen molar-refractivity contribution in [3.63, 3.8) is 0 Å². The van der Waals surface area contributed by atoms with Crippen LogP contribution in [-0.4, -0.2) is 5.97 Å². The number of cyclic esters (lactones) is 1. The van der Waals surface area contributed by atoms with Gasteiger partial charge in [-0.1, -0.05) is 53.6 Å². The van der Waals surface area contributed by atoms with Gasteiger partial charge in [0.1, 0.15) is 0 Å². The second-order valence-electron chi connectivity index (χ2n) is 7.51. The Hall–Kier alpha value is -3.07. The van der Waals surface area contributed by atoms with Gasteiger partial charge in [-0.15, -0.1) is 0 Å². The molecule has 3 aromatic rings. The highest BCUT2D eigenvalue weighted by Crippen LogP contribution is 2.49. The maximum absolute atomic E-state index is 12.9. The van der Waals surface area contributed by atoms with Gasteiger partial charge in [0.2, 0.25) is 0 Å². The van der Waals surface area contributed by atoms with Crippen LogP contribution in [-0.2, 0) is 10.3 Å². The summed E-state index contributed by atoms with van der Waals surface area (Å²) >= 11 is 0.